The summed E-state index contributed by atoms with van der Waals surface area (Å²) in [5.74, 6) is -1.19. The lowest BCUT2D eigenvalue weighted by Crippen LogP contribution is -2.57. The minimum atomic E-state index is -4.64. The van der Waals surface area contributed by atoms with Crippen molar-refractivity contribution in [2.75, 3.05) is 19.7 Å². The standard InChI is InChI=1S/C30H34ClF3N2O5/c1-17-15-36(10-8-24(17)18-3-2-4-19(11-18)27(38)39)23-7-9-29(41-16-23,21-5-6-21)28(40)35-14-20-12-22(30(32,33)34)13-25(31)26(20)37/h2-4,11-13,17,21,23-24,37H,5-10,14-16H2,1H3,(H,35,40)(H,38,39)/t17?,23?,24-,29-/m0/s1. The fraction of sp³-hybridized carbons (Fsp3) is 0.533. The molecule has 2 unspecified atom stereocenters. The number of nitrogens with zero attached hydrogens (tertiary/aromatic N) is 1. The van der Waals surface area contributed by atoms with Gasteiger partial charge in [-0.25, -0.2) is 4.79 Å². The van der Waals surface area contributed by atoms with Gasteiger partial charge in [-0.05, 0) is 86.2 Å². The molecule has 0 aromatic heterocycles. The van der Waals surface area contributed by atoms with Crippen LogP contribution in [0.25, 0.3) is 0 Å². The van der Waals surface area contributed by atoms with Crippen LogP contribution in [0, 0.1) is 11.8 Å². The second-order valence-corrected chi connectivity index (χ2v) is 12.0. The Balaban J connectivity index is 1.20. The van der Waals surface area contributed by atoms with Crippen molar-refractivity contribution in [2.45, 2.75) is 69.3 Å². The van der Waals surface area contributed by atoms with Gasteiger partial charge in [0.15, 0.2) is 0 Å². The van der Waals surface area contributed by atoms with E-state index in [9.17, 15) is 33.0 Å². The molecule has 41 heavy (non-hydrogen) atoms. The third kappa shape index (κ3) is 6.20. The summed E-state index contributed by atoms with van der Waals surface area (Å²) in [7, 11) is 0. The van der Waals surface area contributed by atoms with E-state index in [1.807, 2.05) is 6.07 Å². The maximum absolute atomic E-state index is 13.4. The first-order valence-corrected chi connectivity index (χ1v) is 14.3. The van der Waals surface area contributed by atoms with Crippen molar-refractivity contribution in [3.05, 3.63) is 63.7 Å². The van der Waals surface area contributed by atoms with Crippen LogP contribution in [0.2, 0.25) is 5.02 Å². The number of carboxylic acid groups (broad SMARTS) is 1. The van der Waals surface area contributed by atoms with Gasteiger partial charge in [0.1, 0.15) is 11.4 Å². The van der Waals surface area contributed by atoms with Crippen molar-refractivity contribution in [1.29, 1.82) is 0 Å². The summed E-state index contributed by atoms with van der Waals surface area (Å²) in [5.41, 5.74) is -0.818. The molecular weight excluding hydrogens is 561 g/mol. The number of amides is 1. The minimum absolute atomic E-state index is 0.0494. The number of benzene rings is 2. The average molecular weight is 595 g/mol. The molecule has 0 bridgehead atoms. The number of alkyl halides is 3. The second kappa shape index (κ2) is 11.5. The van der Waals surface area contributed by atoms with E-state index in [1.165, 1.54) is 0 Å². The van der Waals surface area contributed by atoms with Crippen molar-refractivity contribution >= 4 is 23.5 Å². The minimum Gasteiger partial charge on any atom is -0.506 e. The third-order valence-electron chi connectivity index (χ3n) is 8.93. The smallest absolute Gasteiger partial charge is 0.416 e. The van der Waals surface area contributed by atoms with Gasteiger partial charge in [0, 0.05) is 24.7 Å². The lowest BCUT2D eigenvalue weighted by atomic mass is 9.79. The van der Waals surface area contributed by atoms with Crippen LogP contribution in [0.15, 0.2) is 36.4 Å². The molecule has 2 aliphatic heterocycles. The number of carbonyl (C=O) groups is 2. The molecule has 4 atom stereocenters. The van der Waals surface area contributed by atoms with E-state index in [1.54, 1.807) is 18.2 Å². The molecule has 11 heteroatoms. The molecule has 3 N–H and O–H groups in total. The number of aromatic carboxylic acids is 1. The Labute approximate surface area is 241 Å². The number of hydrogen-bond donors (Lipinski definition) is 3. The maximum atomic E-state index is 13.4. The normalized spacial score (nSPS) is 27.4. The number of rotatable bonds is 7. The largest absolute Gasteiger partial charge is 0.506 e. The lowest BCUT2D eigenvalue weighted by Gasteiger charge is -2.46. The number of hydrogen-bond acceptors (Lipinski definition) is 5. The van der Waals surface area contributed by atoms with Gasteiger partial charge < -0.3 is 20.3 Å². The molecule has 0 spiro atoms. The number of piperidine rings is 1. The topological polar surface area (TPSA) is 99.1 Å². The van der Waals surface area contributed by atoms with E-state index < -0.39 is 34.1 Å². The van der Waals surface area contributed by atoms with Gasteiger partial charge in [-0.3, -0.25) is 9.69 Å². The summed E-state index contributed by atoms with van der Waals surface area (Å²) < 4.78 is 46.1. The maximum Gasteiger partial charge on any atom is 0.416 e. The quantitative estimate of drug-likeness (QED) is 0.373. The Morgan fingerprint density at radius 2 is 1.93 bits per heavy atom. The van der Waals surface area contributed by atoms with Gasteiger partial charge in [0.2, 0.25) is 0 Å². The average Bonchev–Trinajstić information content (AvgIpc) is 3.79. The van der Waals surface area contributed by atoms with Gasteiger partial charge in [0.05, 0.1) is 22.8 Å². The Bertz CT molecular complexity index is 1310. The first kappa shape index (κ1) is 29.7. The number of phenolic OH excluding ortho intramolecular Hbond substituents is 1. The Morgan fingerprint density at radius 3 is 2.54 bits per heavy atom. The van der Waals surface area contributed by atoms with E-state index in [0.29, 0.717) is 30.6 Å². The number of carbonyl (C=O) groups excluding carboxylic acids is 1. The van der Waals surface area contributed by atoms with Gasteiger partial charge in [-0.15, -0.1) is 0 Å². The number of likely N-dealkylation sites (tertiary alicyclic amines) is 1. The molecule has 1 aliphatic carbocycles. The number of nitrogens with one attached hydrogen (secondary N) is 1. The molecule has 2 aromatic carbocycles. The Morgan fingerprint density at radius 1 is 1.17 bits per heavy atom. The molecular formula is C30H34ClF3N2O5. The van der Waals surface area contributed by atoms with Crippen LogP contribution >= 0.6 is 11.6 Å². The molecule has 1 amide bonds. The highest BCUT2D eigenvalue weighted by atomic mass is 35.5. The molecule has 3 fully saturated rings. The summed E-state index contributed by atoms with van der Waals surface area (Å²) in [6.07, 6.45) is -0.818. The van der Waals surface area contributed by atoms with Crippen LogP contribution < -0.4 is 5.32 Å². The third-order valence-corrected chi connectivity index (χ3v) is 9.22. The zero-order valence-electron chi connectivity index (χ0n) is 22.7. The van der Waals surface area contributed by atoms with Crippen molar-refractivity contribution in [3.63, 3.8) is 0 Å². The van der Waals surface area contributed by atoms with Crippen LogP contribution in [-0.4, -0.2) is 58.3 Å². The number of halogens is 4. The highest BCUT2D eigenvalue weighted by Crippen LogP contribution is 2.48. The zero-order chi connectivity index (χ0) is 29.5. The summed E-state index contributed by atoms with van der Waals surface area (Å²) in [5, 5.41) is 21.9. The molecule has 2 aromatic rings. The van der Waals surface area contributed by atoms with Gasteiger partial charge in [0.25, 0.3) is 5.91 Å². The van der Waals surface area contributed by atoms with Crippen LogP contribution in [0.1, 0.15) is 72.0 Å². The molecule has 2 heterocycles. The first-order valence-electron chi connectivity index (χ1n) is 14.0. The van der Waals surface area contributed by atoms with E-state index in [2.05, 4.69) is 17.1 Å². The van der Waals surface area contributed by atoms with Gasteiger partial charge in [-0.1, -0.05) is 30.7 Å². The lowest BCUT2D eigenvalue weighted by molar-refractivity contribution is -0.166. The number of phenols is 1. The summed E-state index contributed by atoms with van der Waals surface area (Å²) >= 11 is 5.82. The molecule has 222 valence electrons. The van der Waals surface area contributed by atoms with Gasteiger partial charge in [-0.2, -0.15) is 13.2 Å². The summed E-state index contributed by atoms with van der Waals surface area (Å²) in [4.78, 5) is 27.2. The van der Waals surface area contributed by atoms with E-state index in [4.69, 9.17) is 16.3 Å². The predicted molar refractivity (Wildman–Crippen MR) is 146 cm³/mol. The van der Waals surface area contributed by atoms with Crippen LogP contribution in [0.3, 0.4) is 0 Å². The Kier molecular flexibility index (Phi) is 8.29. The molecule has 0 radical (unpaired) electrons. The van der Waals surface area contributed by atoms with Crippen LogP contribution in [0.5, 0.6) is 5.75 Å². The Hall–Kier alpha value is -2.82. The number of aromatic hydroxyl groups is 1. The number of ether oxygens (including phenoxy) is 1. The zero-order valence-corrected chi connectivity index (χ0v) is 23.5. The van der Waals surface area contributed by atoms with Crippen molar-refractivity contribution in [2.24, 2.45) is 11.8 Å². The number of carboxylic acids is 1. The predicted octanol–water partition coefficient (Wildman–Crippen LogP) is 5.83. The summed E-state index contributed by atoms with van der Waals surface area (Å²) in [6, 6.07) is 8.74. The first-order chi connectivity index (χ1) is 19.4. The van der Waals surface area contributed by atoms with E-state index in [-0.39, 0.29) is 35.9 Å². The highest BCUT2D eigenvalue weighted by Gasteiger charge is 2.54. The fourth-order valence-corrected chi connectivity index (χ4v) is 6.73. The van der Waals surface area contributed by atoms with E-state index >= 15 is 0 Å². The molecule has 3 aliphatic rings. The van der Waals surface area contributed by atoms with Crippen LogP contribution in [-0.2, 0) is 22.3 Å². The molecule has 5 rings (SSSR count). The van der Waals surface area contributed by atoms with E-state index in [0.717, 1.165) is 50.4 Å². The van der Waals surface area contributed by atoms with Crippen molar-refractivity contribution < 1.29 is 37.7 Å². The molecule has 2 saturated heterocycles. The molecule has 7 nitrogen and oxygen atoms in total. The monoisotopic (exact) mass is 594 g/mol. The highest BCUT2D eigenvalue weighted by molar-refractivity contribution is 6.32. The SMILES string of the molecule is CC1CN(C2CC[C@@](C(=O)NCc3cc(C(F)(F)F)cc(Cl)c3O)(C3CC3)OC2)CC[C@@H]1c1cccc(C(=O)O)c1. The summed E-state index contributed by atoms with van der Waals surface area (Å²) in [6.45, 7) is 3.90. The molecule has 1 saturated carbocycles. The van der Waals surface area contributed by atoms with Gasteiger partial charge >= 0.3 is 12.1 Å². The fourth-order valence-electron chi connectivity index (χ4n) is 6.49. The van der Waals surface area contributed by atoms with Crippen molar-refractivity contribution in [1.82, 2.24) is 10.2 Å². The van der Waals surface area contributed by atoms with Crippen molar-refractivity contribution in [3.8, 4) is 5.75 Å². The second-order valence-electron chi connectivity index (χ2n) is 11.6. The van der Waals surface area contributed by atoms with Crippen LogP contribution in [0.4, 0.5) is 13.2 Å².